The number of para-hydroxylation sites is 1. The smallest absolute Gasteiger partial charge is 0.253 e. The molecule has 1 saturated heterocycles. The summed E-state index contributed by atoms with van der Waals surface area (Å²) in [6.45, 7) is 4.02. The van der Waals surface area contributed by atoms with Gasteiger partial charge in [-0.1, -0.05) is 18.2 Å². The topological polar surface area (TPSA) is 61.0 Å². The Labute approximate surface area is 165 Å². The summed E-state index contributed by atoms with van der Waals surface area (Å²) in [5, 5.41) is 4.56. The Bertz CT molecular complexity index is 978. The number of aromatic nitrogens is 2. The van der Waals surface area contributed by atoms with Gasteiger partial charge in [-0.3, -0.25) is 14.7 Å². The largest absolute Gasteiger partial charge is 0.357 e. The van der Waals surface area contributed by atoms with Crippen molar-refractivity contribution in [3.05, 3.63) is 65.6 Å². The van der Waals surface area contributed by atoms with Crippen LogP contribution in [0, 0.1) is 12.8 Å². The Hall–Kier alpha value is -2.66. The molecule has 0 unspecified atom stereocenters. The van der Waals surface area contributed by atoms with Gasteiger partial charge in [-0.2, -0.15) is 0 Å². The van der Waals surface area contributed by atoms with E-state index in [1.807, 2.05) is 13.0 Å². The molecule has 1 aliphatic carbocycles. The summed E-state index contributed by atoms with van der Waals surface area (Å²) in [5.74, 6) is 0.557. The van der Waals surface area contributed by atoms with E-state index in [9.17, 15) is 4.79 Å². The number of aromatic amines is 1. The molecule has 3 atom stereocenters. The van der Waals surface area contributed by atoms with Crippen molar-refractivity contribution >= 4 is 16.8 Å². The highest BCUT2D eigenvalue weighted by atomic mass is 16.1. The first-order chi connectivity index (χ1) is 13.7. The number of likely N-dealkylation sites (tertiary alicyclic amines) is 1. The zero-order chi connectivity index (χ0) is 19.1. The van der Waals surface area contributed by atoms with Crippen LogP contribution < -0.4 is 5.32 Å². The maximum atomic E-state index is 12.6. The number of nitrogens with one attached hydrogen (secondary N) is 2. The first-order valence-electron chi connectivity index (χ1n) is 10.2. The van der Waals surface area contributed by atoms with Crippen LogP contribution in [-0.4, -0.2) is 39.4 Å². The normalized spacial score (nSPS) is 24.5. The monoisotopic (exact) mass is 374 g/mol. The standard InChI is InChI=1S/C23H26N4O/c1-15-10-17(13-24-12-15)23(28)26-21-6-7-22-19(21)8-9-27(22)14-18-11-16-4-2-3-5-20(16)25-18/h2-5,10-13,19,21-22,25H,6-9,14H2,1H3,(H,26,28)/t19-,21-,22+/m0/s1. The minimum Gasteiger partial charge on any atom is -0.357 e. The fourth-order valence-electron chi connectivity index (χ4n) is 5.12. The van der Waals surface area contributed by atoms with Crippen LogP contribution in [-0.2, 0) is 6.54 Å². The van der Waals surface area contributed by atoms with Crippen LogP contribution in [0.3, 0.4) is 0 Å². The van der Waals surface area contributed by atoms with Gasteiger partial charge in [0.1, 0.15) is 0 Å². The molecule has 28 heavy (non-hydrogen) atoms. The van der Waals surface area contributed by atoms with Crippen LogP contribution in [0.25, 0.3) is 10.9 Å². The van der Waals surface area contributed by atoms with Crippen LogP contribution in [0.5, 0.6) is 0 Å². The molecule has 1 saturated carbocycles. The number of benzene rings is 1. The van der Waals surface area contributed by atoms with Crippen LogP contribution in [0.15, 0.2) is 48.8 Å². The zero-order valence-electron chi connectivity index (χ0n) is 16.2. The molecule has 0 bridgehead atoms. The van der Waals surface area contributed by atoms with Crippen LogP contribution >= 0.6 is 0 Å². The third-order valence-corrected chi connectivity index (χ3v) is 6.42. The second-order valence-electron chi connectivity index (χ2n) is 8.28. The van der Waals surface area contributed by atoms with E-state index in [1.54, 1.807) is 12.4 Å². The maximum absolute atomic E-state index is 12.6. The molecule has 0 radical (unpaired) electrons. The molecule has 2 fully saturated rings. The predicted octanol–water partition coefficient (Wildman–Crippen LogP) is 3.65. The van der Waals surface area contributed by atoms with E-state index < -0.39 is 0 Å². The zero-order valence-corrected chi connectivity index (χ0v) is 16.2. The summed E-state index contributed by atoms with van der Waals surface area (Å²) in [5.41, 5.74) is 4.16. The molecule has 2 aliphatic rings. The Kier molecular flexibility index (Phi) is 4.40. The highest BCUT2D eigenvalue weighted by molar-refractivity contribution is 5.94. The third-order valence-electron chi connectivity index (χ3n) is 6.42. The van der Waals surface area contributed by atoms with Crippen molar-refractivity contribution in [1.82, 2.24) is 20.2 Å². The van der Waals surface area contributed by atoms with Gasteiger partial charge in [0, 0.05) is 42.2 Å². The average Bonchev–Trinajstić information content (AvgIpc) is 3.38. The SMILES string of the molecule is Cc1cncc(C(=O)N[C@H]2CC[C@@H]3[C@H]2CCN3Cc2cc3ccccc3[nH]2)c1. The van der Waals surface area contributed by atoms with Gasteiger partial charge in [0.05, 0.1) is 5.56 Å². The van der Waals surface area contributed by atoms with E-state index in [1.165, 1.54) is 16.6 Å². The molecular formula is C23H26N4O. The molecule has 1 aliphatic heterocycles. The van der Waals surface area contributed by atoms with Crippen molar-refractivity contribution in [2.45, 2.75) is 44.8 Å². The molecule has 144 valence electrons. The van der Waals surface area contributed by atoms with Gasteiger partial charge in [0.2, 0.25) is 0 Å². The summed E-state index contributed by atoms with van der Waals surface area (Å²) in [4.78, 5) is 22.9. The van der Waals surface area contributed by atoms with E-state index in [-0.39, 0.29) is 11.9 Å². The Morgan fingerprint density at radius 3 is 2.96 bits per heavy atom. The van der Waals surface area contributed by atoms with Gasteiger partial charge in [0.15, 0.2) is 0 Å². The number of carbonyl (C=O) groups excluding carboxylic acids is 1. The number of hydrogen-bond acceptors (Lipinski definition) is 3. The van der Waals surface area contributed by atoms with Crippen LogP contribution in [0.4, 0.5) is 0 Å². The van der Waals surface area contributed by atoms with Crippen LogP contribution in [0.2, 0.25) is 0 Å². The van der Waals surface area contributed by atoms with Crippen LogP contribution in [0.1, 0.15) is 40.9 Å². The molecule has 5 nitrogen and oxygen atoms in total. The molecule has 3 heterocycles. The Balaban J connectivity index is 1.25. The highest BCUT2D eigenvalue weighted by Gasteiger charge is 2.44. The molecule has 2 N–H and O–H groups in total. The highest BCUT2D eigenvalue weighted by Crippen LogP contribution is 2.39. The molecule has 0 spiro atoms. The molecule has 3 aromatic rings. The van der Waals surface area contributed by atoms with Crippen molar-refractivity contribution in [2.24, 2.45) is 5.92 Å². The first kappa shape index (κ1) is 17.4. The summed E-state index contributed by atoms with van der Waals surface area (Å²) >= 11 is 0. The van der Waals surface area contributed by atoms with Crippen molar-refractivity contribution in [1.29, 1.82) is 0 Å². The lowest BCUT2D eigenvalue weighted by Gasteiger charge is -2.24. The second-order valence-corrected chi connectivity index (χ2v) is 8.28. The first-order valence-corrected chi connectivity index (χ1v) is 10.2. The number of amides is 1. The predicted molar refractivity (Wildman–Crippen MR) is 110 cm³/mol. The minimum absolute atomic E-state index is 0.0101. The molecule has 2 aromatic heterocycles. The van der Waals surface area contributed by atoms with Gasteiger partial charge in [-0.25, -0.2) is 0 Å². The number of rotatable bonds is 4. The van der Waals surface area contributed by atoms with E-state index in [0.717, 1.165) is 37.9 Å². The number of aryl methyl sites for hydroxylation is 1. The van der Waals surface area contributed by atoms with Gasteiger partial charge in [-0.05, 0) is 67.8 Å². The van der Waals surface area contributed by atoms with E-state index in [0.29, 0.717) is 17.5 Å². The lowest BCUT2D eigenvalue weighted by atomic mass is 9.99. The maximum Gasteiger partial charge on any atom is 0.253 e. The van der Waals surface area contributed by atoms with Gasteiger partial charge in [0.25, 0.3) is 5.91 Å². The fourth-order valence-corrected chi connectivity index (χ4v) is 5.12. The van der Waals surface area contributed by atoms with Crippen molar-refractivity contribution < 1.29 is 4.79 Å². The summed E-state index contributed by atoms with van der Waals surface area (Å²) < 4.78 is 0. The van der Waals surface area contributed by atoms with Gasteiger partial charge < -0.3 is 10.3 Å². The van der Waals surface area contributed by atoms with Gasteiger partial charge >= 0.3 is 0 Å². The summed E-state index contributed by atoms with van der Waals surface area (Å²) in [6.07, 6.45) is 6.81. The van der Waals surface area contributed by atoms with E-state index in [4.69, 9.17) is 0 Å². The number of nitrogens with zero attached hydrogens (tertiary/aromatic N) is 2. The molecule has 5 heteroatoms. The minimum atomic E-state index is 0.0101. The fraction of sp³-hybridized carbons (Fsp3) is 0.391. The van der Waals surface area contributed by atoms with Crippen molar-refractivity contribution in [2.75, 3.05) is 6.54 Å². The molecule has 5 rings (SSSR count). The molecular weight excluding hydrogens is 348 g/mol. The lowest BCUT2D eigenvalue weighted by molar-refractivity contribution is 0.0926. The average molecular weight is 374 g/mol. The van der Waals surface area contributed by atoms with Crippen molar-refractivity contribution in [3.63, 3.8) is 0 Å². The summed E-state index contributed by atoms with van der Waals surface area (Å²) in [6, 6.07) is 13.4. The second kappa shape index (κ2) is 7.06. The lowest BCUT2D eigenvalue weighted by Crippen LogP contribution is -2.39. The third kappa shape index (κ3) is 3.20. The Morgan fingerprint density at radius 2 is 2.11 bits per heavy atom. The van der Waals surface area contributed by atoms with E-state index in [2.05, 4.69) is 50.5 Å². The summed E-state index contributed by atoms with van der Waals surface area (Å²) in [7, 11) is 0. The number of carbonyl (C=O) groups is 1. The molecule has 1 amide bonds. The number of fused-ring (bicyclic) bond motifs is 2. The number of pyridine rings is 1. The van der Waals surface area contributed by atoms with Crippen molar-refractivity contribution in [3.8, 4) is 0 Å². The Morgan fingerprint density at radius 1 is 1.21 bits per heavy atom. The van der Waals surface area contributed by atoms with Gasteiger partial charge in [-0.15, -0.1) is 0 Å². The van der Waals surface area contributed by atoms with E-state index >= 15 is 0 Å². The molecule has 1 aromatic carbocycles. The quantitative estimate of drug-likeness (QED) is 0.733. The number of H-pyrrole nitrogens is 1. The number of hydrogen-bond donors (Lipinski definition) is 2.